The molecule has 0 unspecified atom stereocenters. The molecule has 49 heavy (non-hydrogen) atoms. The number of nitrogens with one attached hydrogen (secondary N) is 1. The van der Waals surface area contributed by atoms with Crippen molar-refractivity contribution in [2.24, 2.45) is 10.2 Å². The Hall–Kier alpha value is -0.650. The van der Waals surface area contributed by atoms with Crippen LogP contribution < -0.4 is 94.0 Å². The largest absolute Gasteiger partial charge is 1.00 e. The molecular formula is C21H13Cl2N6Na3O13S4. The number of azo groups is 1. The molecule has 0 fully saturated rings. The summed E-state index contributed by atoms with van der Waals surface area (Å²) in [5, 5.41) is 19.3. The minimum Gasteiger partial charge on any atom is -0.744 e. The molecule has 19 nitrogen and oxygen atoms in total. The summed E-state index contributed by atoms with van der Waals surface area (Å²) < 4.78 is 132. The molecule has 0 radical (unpaired) electrons. The molecule has 1 heterocycles. The van der Waals surface area contributed by atoms with Crippen LogP contribution in [0.5, 0.6) is 5.75 Å². The van der Waals surface area contributed by atoms with Gasteiger partial charge in [-0.25, -0.2) is 33.7 Å². The third kappa shape index (κ3) is 12.5. The molecule has 0 aliphatic rings. The first-order valence-electron chi connectivity index (χ1n) is 11.6. The minimum atomic E-state index is -5.46. The Labute approximate surface area is 354 Å². The van der Waals surface area contributed by atoms with Crippen molar-refractivity contribution >= 4 is 97.5 Å². The number of phenolic OH excluding ortho intramolecular Hbond substituents is 1. The van der Waals surface area contributed by atoms with Crippen LogP contribution in [0.2, 0.25) is 10.6 Å². The zero-order valence-electron chi connectivity index (χ0n) is 24.9. The minimum absolute atomic E-state index is 0. The summed E-state index contributed by atoms with van der Waals surface area (Å²) in [5.41, 5.74) is -1.51. The van der Waals surface area contributed by atoms with Crippen molar-refractivity contribution in [3.8, 4) is 5.75 Å². The molecule has 2 N–H and O–H groups in total. The molecule has 0 amide bonds. The molecule has 246 valence electrons. The van der Waals surface area contributed by atoms with Gasteiger partial charge in [0, 0.05) is 5.39 Å². The van der Waals surface area contributed by atoms with Gasteiger partial charge < -0.3 is 24.1 Å². The van der Waals surface area contributed by atoms with Crippen LogP contribution in [-0.2, 0) is 44.7 Å². The van der Waals surface area contributed by atoms with Gasteiger partial charge in [0.1, 0.15) is 25.9 Å². The first kappa shape index (κ1) is 46.4. The second-order valence-electron chi connectivity index (χ2n) is 8.61. The number of sulfone groups is 1. The fourth-order valence-corrected chi connectivity index (χ4v) is 6.71. The third-order valence-electron chi connectivity index (χ3n) is 5.55. The van der Waals surface area contributed by atoms with Gasteiger partial charge in [0.15, 0.2) is 15.6 Å². The smallest absolute Gasteiger partial charge is 0.744 e. The standard InChI is InChI=1S/C21H16Cl2N6O13S4.3Na/c22-19-25-20(23)27-21(26-19)24-14-9-13(44(33,34)35)7-10-8-15(45(36,37)38)17(18(30)16(10)14)29-28-11-1-3-12(4-2-11)43(31,32)6-5-42-46(39,40)41;;;/h1-4,7-9,30H,5-6H2,(H,33,34,35)(H,36,37,38)(H,39,40,41)(H,24,25,26,27);;;/q;3*+1/p-3. The summed E-state index contributed by atoms with van der Waals surface area (Å²) in [6, 6.07) is 6.17. The van der Waals surface area contributed by atoms with E-state index in [9.17, 15) is 52.4 Å². The van der Waals surface area contributed by atoms with Gasteiger partial charge >= 0.3 is 88.7 Å². The fraction of sp³-hybridized carbons (Fsp3) is 0.0952. The topological polar surface area (TPSA) is 311 Å². The molecule has 4 rings (SSSR count). The Bertz CT molecular complexity index is 2340. The Kier molecular flexibility index (Phi) is 17.0. The molecule has 4 aromatic rings. The van der Waals surface area contributed by atoms with E-state index < -0.39 is 107 Å². The zero-order valence-corrected chi connectivity index (χ0v) is 35.7. The van der Waals surface area contributed by atoms with E-state index >= 15 is 0 Å². The number of nitrogens with zero attached hydrogens (tertiary/aromatic N) is 5. The maximum absolute atomic E-state index is 12.4. The Morgan fingerprint density at radius 2 is 1.35 bits per heavy atom. The summed E-state index contributed by atoms with van der Waals surface area (Å²) >= 11 is 11.5. The van der Waals surface area contributed by atoms with Crippen molar-refractivity contribution in [2.45, 2.75) is 14.7 Å². The number of hydrogen-bond acceptors (Lipinski definition) is 19. The number of aromatic hydroxyl groups is 1. The number of phenols is 1. The van der Waals surface area contributed by atoms with Gasteiger partial charge in [0.05, 0.1) is 38.4 Å². The maximum atomic E-state index is 12.4. The first-order valence-corrected chi connectivity index (χ1v) is 18.1. The van der Waals surface area contributed by atoms with Crippen LogP contribution in [0, 0.1) is 0 Å². The summed E-state index contributed by atoms with van der Waals surface area (Å²) in [7, 11) is -19.9. The quantitative estimate of drug-likeness (QED) is 0.0614. The van der Waals surface area contributed by atoms with E-state index in [-0.39, 0.29) is 99.3 Å². The Morgan fingerprint density at radius 1 is 0.776 bits per heavy atom. The molecule has 0 atom stereocenters. The molecule has 1 aromatic heterocycles. The van der Waals surface area contributed by atoms with Crippen molar-refractivity contribution < 1.29 is 145 Å². The molecule has 0 saturated heterocycles. The average Bonchev–Trinajstić information content (AvgIpc) is 2.90. The molecule has 0 spiro atoms. The average molecular weight is 826 g/mol. The maximum Gasteiger partial charge on any atom is 1.00 e. The van der Waals surface area contributed by atoms with Crippen molar-refractivity contribution in [1.82, 2.24) is 15.0 Å². The summed E-state index contributed by atoms with van der Waals surface area (Å²) in [6.45, 7) is -0.949. The second kappa shape index (κ2) is 17.9. The summed E-state index contributed by atoms with van der Waals surface area (Å²) in [4.78, 5) is 8.52. The van der Waals surface area contributed by atoms with Crippen LogP contribution in [-0.4, -0.2) is 79.7 Å². The number of aromatic nitrogens is 3. The number of fused-ring (bicyclic) bond motifs is 1. The van der Waals surface area contributed by atoms with Gasteiger partial charge in [-0.2, -0.15) is 20.1 Å². The van der Waals surface area contributed by atoms with E-state index in [0.717, 1.165) is 30.3 Å². The van der Waals surface area contributed by atoms with E-state index in [4.69, 9.17) is 23.2 Å². The Balaban J connectivity index is 0.00000400. The monoisotopic (exact) mass is 824 g/mol. The van der Waals surface area contributed by atoms with Gasteiger partial charge in [-0.3, -0.25) is 4.18 Å². The van der Waals surface area contributed by atoms with E-state index in [1.165, 1.54) is 0 Å². The number of benzene rings is 3. The molecular weight excluding hydrogens is 812 g/mol. The van der Waals surface area contributed by atoms with Crippen LogP contribution >= 0.6 is 23.2 Å². The predicted octanol–water partition coefficient (Wildman–Crippen LogP) is -6.73. The van der Waals surface area contributed by atoms with Gasteiger partial charge in [-0.05, 0) is 71.1 Å². The van der Waals surface area contributed by atoms with Crippen molar-refractivity contribution in [2.75, 3.05) is 17.7 Å². The molecule has 0 bridgehead atoms. The summed E-state index contributed by atoms with van der Waals surface area (Å²) in [5.74, 6) is -2.34. The Morgan fingerprint density at radius 3 is 1.86 bits per heavy atom. The van der Waals surface area contributed by atoms with Crippen LogP contribution in [0.25, 0.3) is 10.8 Å². The molecule has 28 heteroatoms. The van der Waals surface area contributed by atoms with Crippen LogP contribution in [0.1, 0.15) is 0 Å². The SMILES string of the molecule is O=S(=O)([O-])OCCS(=O)(=O)c1ccc(N=Nc2c(S(=O)(=O)[O-])cc3cc(S(=O)(=O)[O-])cc(Nc4nc(Cl)nc(Cl)n4)c3c2O)cc1.[Na+].[Na+].[Na+]. The van der Waals surface area contributed by atoms with Crippen LogP contribution in [0.15, 0.2) is 67.4 Å². The normalized spacial score (nSPS) is 12.2. The number of halogens is 2. The van der Waals surface area contributed by atoms with Crippen molar-refractivity contribution in [3.05, 3.63) is 53.0 Å². The van der Waals surface area contributed by atoms with Gasteiger partial charge in [-0.1, -0.05) is 0 Å². The van der Waals surface area contributed by atoms with Crippen molar-refractivity contribution in [1.29, 1.82) is 0 Å². The summed E-state index contributed by atoms with van der Waals surface area (Å²) in [6.07, 6.45) is 0. The molecule has 0 aliphatic heterocycles. The van der Waals surface area contributed by atoms with E-state index in [0.29, 0.717) is 12.1 Å². The molecule has 3 aromatic carbocycles. The predicted molar refractivity (Wildman–Crippen MR) is 153 cm³/mol. The number of anilines is 2. The second-order valence-corrected chi connectivity index (χ2v) is 15.2. The van der Waals surface area contributed by atoms with Crippen molar-refractivity contribution in [3.63, 3.8) is 0 Å². The van der Waals surface area contributed by atoms with Gasteiger partial charge in [-0.15, -0.1) is 5.11 Å². The van der Waals surface area contributed by atoms with Gasteiger partial charge in [0.2, 0.25) is 26.9 Å². The van der Waals surface area contributed by atoms with E-state index in [1.54, 1.807) is 0 Å². The van der Waals surface area contributed by atoms with E-state index in [1.807, 2.05) is 0 Å². The van der Waals surface area contributed by atoms with Crippen LogP contribution in [0.3, 0.4) is 0 Å². The van der Waals surface area contributed by atoms with E-state index in [2.05, 4.69) is 34.7 Å². The number of hydrogen-bond donors (Lipinski definition) is 2. The number of rotatable bonds is 11. The molecule has 0 aliphatic carbocycles. The fourth-order valence-electron chi connectivity index (χ4n) is 3.68. The zero-order chi connectivity index (χ0) is 34.2. The van der Waals surface area contributed by atoms with Gasteiger partial charge in [0.25, 0.3) is 0 Å². The van der Waals surface area contributed by atoms with Crippen LogP contribution in [0.4, 0.5) is 23.0 Å². The third-order valence-corrected chi connectivity index (χ3v) is 9.70. The molecule has 0 saturated carbocycles. The first-order chi connectivity index (χ1) is 21.1.